The highest BCUT2D eigenvalue weighted by Crippen LogP contribution is 2.29. The van der Waals surface area contributed by atoms with Crippen molar-refractivity contribution in [2.45, 2.75) is 11.4 Å². The number of amidine groups is 1. The van der Waals surface area contributed by atoms with Gasteiger partial charge in [-0.15, -0.1) is 0 Å². The van der Waals surface area contributed by atoms with E-state index in [0.29, 0.717) is 22.2 Å². The van der Waals surface area contributed by atoms with E-state index in [1.165, 1.54) is 0 Å². The highest BCUT2D eigenvalue weighted by atomic mass is 127. The molecule has 2 aromatic rings. The van der Waals surface area contributed by atoms with Crippen LogP contribution in [0.1, 0.15) is 21.7 Å². The number of aryl methyl sites for hydroxylation is 1. The average molecular weight is 427 g/mol. The number of amides is 1. The molecule has 0 radical (unpaired) electrons. The first kappa shape index (κ1) is 15.5. The lowest BCUT2D eigenvalue weighted by atomic mass is 10.0. The first-order chi connectivity index (χ1) is 10.7. The van der Waals surface area contributed by atoms with Crippen molar-refractivity contribution in [3.8, 4) is 11.3 Å². The minimum atomic E-state index is -0.217. The zero-order valence-electron chi connectivity index (χ0n) is 11.9. The third-order valence-corrected chi connectivity index (χ3v) is 5.03. The maximum atomic E-state index is 12.6. The standard InChI is InChI=1S/C15H14IN3O2S/c1-9-12(14(20)18-15-17-6-7-22-15)13(19-21-9)11-5-3-2-4-10(11)8-16/h2-5H,6-8H2,1H3,(H,17,18,20). The number of alkyl halides is 1. The molecule has 0 fully saturated rings. The maximum Gasteiger partial charge on any atom is 0.263 e. The molecule has 1 amide bonds. The topological polar surface area (TPSA) is 67.5 Å². The second-order valence-electron chi connectivity index (χ2n) is 4.74. The summed E-state index contributed by atoms with van der Waals surface area (Å²) in [6.07, 6.45) is 0. The molecular weight excluding hydrogens is 413 g/mol. The Morgan fingerprint density at radius 1 is 1.45 bits per heavy atom. The van der Waals surface area contributed by atoms with Crippen molar-refractivity contribution >= 4 is 45.4 Å². The quantitative estimate of drug-likeness (QED) is 0.602. The molecule has 1 N–H and O–H groups in total. The van der Waals surface area contributed by atoms with E-state index in [1.54, 1.807) is 18.7 Å². The van der Waals surface area contributed by atoms with Crippen molar-refractivity contribution in [2.24, 2.45) is 4.99 Å². The number of hydrogen-bond acceptors (Lipinski definition) is 5. The minimum absolute atomic E-state index is 0.217. The largest absolute Gasteiger partial charge is 0.360 e. The van der Waals surface area contributed by atoms with Gasteiger partial charge in [-0.2, -0.15) is 0 Å². The van der Waals surface area contributed by atoms with Gasteiger partial charge in [0.25, 0.3) is 5.91 Å². The van der Waals surface area contributed by atoms with Crippen molar-refractivity contribution < 1.29 is 9.32 Å². The van der Waals surface area contributed by atoms with Crippen LogP contribution in [0.15, 0.2) is 33.8 Å². The van der Waals surface area contributed by atoms with E-state index in [-0.39, 0.29) is 5.91 Å². The molecule has 1 aromatic heterocycles. The maximum absolute atomic E-state index is 12.6. The van der Waals surface area contributed by atoms with Crippen LogP contribution in [0.3, 0.4) is 0 Å². The third kappa shape index (κ3) is 3.05. The lowest BCUT2D eigenvalue weighted by molar-refractivity contribution is 0.0977. The van der Waals surface area contributed by atoms with Crippen LogP contribution in [0.4, 0.5) is 0 Å². The number of aliphatic imine (C=N–C) groups is 1. The van der Waals surface area contributed by atoms with Gasteiger partial charge < -0.3 is 9.84 Å². The number of aromatic nitrogens is 1. The van der Waals surface area contributed by atoms with Crippen LogP contribution in [0, 0.1) is 6.92 Å². The molecular formula is C15H14IN3O2S. The van der Waals surface area contributed by atoms with Gasteiger partial charge >= 0.3 is 0 Å². The third-order valence-electron chi connectivity index (χ3n) is 3.31. The summed E-state index contributed by atoms with van der Waals surface area (Å²) in [6, 6.07) is 7.91. The second kappa shape index (κ2) is 6.82. The monoisotopic (exact) mass is 427 g/mol. The normalized spacial score (nSPS) is 14.0. The molecule has 1 aliphatic heterocycles. The van der Waals surface area contributed by atoms with E-state index in [4.69, 9.17) is 4.52 Å². The molecule has 1 aromatic carbocycles. The zero-order chi connectivity index (χ0) is 15.5. The van der Waals surface area contributed by atoms with Crippen molar-refractivity contribution in [3.05, 3.63) is 41.2 Å². The van der Waals surface area contributed by atoms with Crippen LogP contribution in [-0.4, -0.2) is 28.5 Å². The minimum Gasteiger partial charge on any atom is -0.360 e. The summed E-state index contributed by atoms with van der Waals surface area (Å²) in [5.74, 6) is 1.20. The first-order valence-electron chi connectivity index (χ1n) is 6.80. The van der Waals surface area contributed by atoms with Crippen LogP contribution < -0.4 is 5.32 Å². The predicted octanol–water partition coefficient (Wildman–Crippen LogP) is 3.42. The number of rotatable bonds is 3. The summed E-state index contributed by atoms with van der Waals surface area (Å²) >= 11 is 3.85. The van der Waals surface area contributed by atoms with Crippen LogP contribution >= 0.6 is 34.4 Å². The molecule has 1 aliphatic rings. The summed E-state index contributed by atoms with van der Waals surface area (Å²) < 4.78 is 6.11. The molecule has 2 heterocycles. The molecule has 3 rings (SSSR count). The van der Waals surface area contributed by atoms with Crippen molar-refractivity contribution in [1.29, 1.82) is 0 Å². The van der Waals surface area contributed by atoms with E-state index in [0.717, 1.165) is 27.9 Å². The SMILES string of the molecule is Cc1onc(-c2ccccc2CI)c1C(=O)NC1=NCCS1. The Bertz CT molecular complexity index is 742. The van der Waals surface area contributed by atoms with E-state index in [1.807, 2.05) is 24.3 Å². The lowest BCUT2D eigenvalue weighted by Gasteiger charge is -2.07. The fraction of sp³-hybridized carbons (Fsp3) is 0.267. The Labute approximate surface area is 146 Å². The van der Waals surface area contributed by atoms with Crippen LogP contribution in [0.25, 0.3) is 11.3 Å². The molecule has 0 saturated heterocycles. The smallest absolute Gasteiger partial charge is 0.263 e. The van der Waals surface area contributed by atoms with Gasteiger partial charge in [0.2, 0.25) is 0 Å². The average Bonchev–Trinajstić information content (AvgIpc) is 3.16. The lowest BCUT2D eigenvalue weighted by Crippen LogP contribution is -2.28. The molecule has 22 heavy (non-hydrogen) atoms. The van der Waals surface area contributed by atoms with Crippen LogP contribution in [0.5, 0.6) is 0 Å². The van der Waals surface area contributed by atoms with Crippen molar-refractivity contribution in [2.75, 3.05) is 12.3 Å². The number of thioether (sulfide) groups is 1. The number of halogens is 1. The van der Waals surface area contributed by atoms with Gasteiger partial charge in [0.15, 0.2) is 5.17 Å². The molecule has 0 atom stereocenters. The number of hydrogen-bond donors (Lipinski definition) is 1. The molecule has 0 saturated carbocycles. The Kier molecular flexibility index (Phi) is 4.82. The van der Waals surface area contributed by atoms with Crippen molar-refractivity contribution in [3.63, 3.8) is 0 Å². The van der Waals surface area contributed by atoms with E-state index >= 15 is 0 Å². The highest BCUT2D eigenvalue weighted by Gasteiger charge is 2.24. The zero-order valence-corrected chi connectivity index (χ0v) is 14.9. The van der Waals surface area contributed by atoms with Gasteiger partial charge in [0, 0.05) is 15.7 Å². The Morgan fingerprint density at radius 3 is 3.00 bits per heavy atom. The molecule has 0 aliphatic carbocycles. The number of carbonyl (C=O) groups is 1. The van der Waals surface area contributed by atoms with Gasteiger partial charge in [-0.25, -0.2) is 0 Å². The molecule has 7 heteroatoms. The van der Waals surface area contributed by atoms with Gasteiger partial charge in [-0.05, 0) is 12.5 Å². The summed E-state index contributed by atoms with van der Waals surface area (Å²) in [5, 5.41) is 7.61. The van der Waals surface area contributed by atoms with Crippen molar-refractivity contribution in [1.82, 2.24) is 10.5 Å². The second-order valence-corrected chi connectivity index (χ2v) is 6.59. The van der Waals surface area contributed by atoms with E-state index in [9.17, 15) is 4.79 Å². The Balaban J connectivity index is 1.98. The first-order valence-corrected chi connectivity index (χ1v) is 9.31. The fourth-order valence-corrected chi connectivity index (χ4v) is 3.65. The van der Waals surface area contributed by atoms with Gasteiger partial charge in [-0.3, -0.25) is 9.79 Å². The molecule has 0 spiro atoms. The van der Waals surface area contributed by atoms with E-state index in [2.05, 4.69) is 38.1 Å². The molecule has 5 nitrogen and oxygen atoms in total. The fourth-order valence-electron chi connectivity index (χ4n) is 2.26. The summed E-state index contributed by atoms with van der Waals surface area (Å²) in [6.45, 7) is 2.50. The van der Waals surface area contributed by atoms with E-state index < -0.39 is 0 Å². The van der Waals surface area contributed by atoms with Gasteiger partial charge in [-0.1, -0.05) is 63.8 Å². The van der Waals surface area contributed by atoms with Gasteiger partial charge in [0.1, 0.15) is 17.0 Å². The molecule has 114 valence electrons. The molecule has 0 unspecified atom stereocenters. The Hall–Kier alpha value is -1.35. The predicted molar refractivity (Wildman–Crippen MR) is 96.6 cm³/mol. The molecule has 0 bridgehead atoms. The number of nitrogens with zero attached hydrogens (tertiary/aromatic N) is 2. The number of carbonyl (C=O) groups excluding carboxylic acids is 1. The summed E-state index contributed by atoms with van der Waals surface area (Å²) in [5.41, 5.74) is 3.12. The number of nitrogens with one attached hydrogen (secondary N) is 1. The van der Waals surface area contributed by atoms with Gasteiger partial charge in [0.05, 0.1) is 6.54 Å². The summed E-state index contributed by atoms with van der Waals surface area (Å²) in [4.78, 5) is 16.8. The number of benzene rings is 1. The Morgan fingerprint density at radius 2 is 2.27 bits per heavy atom. The summed E-state index contributed by atoms with van der Waals surface area (Å²) in [7, 11) is 0. The van der Waals surface area contributed by atoms with Crippen LogP contribution in [0.2, 0.25) is 0 Å². The highest BCUT2D eigenvalue weighted by molar-refractivity contribution is 14.1. The van der Waals surface area contributed by atoms with Crippen LogP contribution in [-0.2, 0) is 4.43 Å².